The van der Waals surface area contributed by atoms with Crippen LogP contribution in [0.25, 0.3) is 0 Å². The molecule has 1 aliphatic rings. The number of alkyl halides is 3. The molecule has 0 spiro atoms. The van der Waals surface area contributed by atoms with Crippen LogP contribution in [0.4, 0.5) is 34.8 Å². The van der Waals surface area contributed by atoms with E-state index < -0.39 is 17.9 Å². The van der Waals surface area contributed by atoms with Gasteiger partial charge in [0, 0.05) is 37.0 Å². The van der Waals surface area contributed by atoms with Crippen molar-refractivity contribution in [2.45, 2.75) is 26.1 Å². The number of nitrogens with one attached hydrogen (secondary N) is 1. The molecule has 4 heterocycles. The normalized spacial score (nSPS) is 13.9. The average molecular weight is 439 g/mol. The first-order chi connectivity index (χ1) is 14.2. The zero-order valence-electron chi connectivity index (χ0n) is 15.6. The first-order valence-corrected chi connectivity index (χ1v) is 9.32. The number of halogens is 5. The summed E-state index contributed by atoms with van der Waals surface area (Å²) in [4.78, 5) is 16.8. The molecule has 0 unspecified atom stereocenters. The van der Waals surface area contributed by atoms with Crippen LogP contribution in [-0.4, -0.2) is 26.5 Å². The van der Waals surface area contributed by atoms with Gasteiger partial charge in [-0.25, -0.2) is 15.0 Å². The fourth-order valence-electron chi connectivity index (χ4n) is 3.22. The van der Waals surface area contributed by atoms with E-state index in [1.807, 2.05) is 0 Å². The Hall–Kier alpha value is -3.01. The number of rotatable bonds is 3. The smallest absolute Gasteiger partial charge is 0.351 e. The minimum atomic E-state index is -4.70. The topological polar surface area (TPSA) is 66.8 Å². The molecule has 3 aromatic heterocycles. The molecule has 0 amide bonds. The van der Waals surface area contributed by atoms with Crippen LogP contribution in [-0.2, 0) is 19.1 Å². The van der Waals surface area contributed by atoms with Gasteiger partial charge in [-0.15, -0.1) is 0 Å². The molecule has 0 saturated heterocycles. The van der Waals surface area contributed by atoms with Crippen molar-refractivity contribution in [1.29, 1.82) is 0 Å². The molecule has 0 aromatic carbocycles. The summed E-state index contributed by atoms with van der Waals surface area (Å²) >= 11 is 5.93. The van der Waals surface area contributed by atoms with E-state index >= 15 is 0 Å². The molecule has 0 atom stereocenters. The van der Waals surface area contributed by atoms with Crippen molar-refractivity contribution in [2.75, 3.05) is 16.8 Å². The Kier molecular flexibility index (Phi) is 5.19. The van der Waals surface area contributed by atoms with Crippen molar-refractivity contribution >= 4 is 28.8 Å². The second-order valence-electron chi connectivity index (χ2n) is 6.75. The standard InChI is InChI=1S/C19H15ClF4N6/c1-10-15(20)28-18(19(22,23)24)29-17(10)30-6-4-13-11(9-30)7-12(8-26-13)27-14-3-2-5-25-16(14)21/h2-3,5,7-8,27H,4,6,9H2,1H3. The van der Waals surface area contributed by atoms with Crippen molar-refractivity contribution in [2.24, 2.45) is 0 Å². The molecule has 0 fully saturated rings. The fraction of sp³-hybridized carbons (Fsp3) is 0.263. The van der Waals surface area contributed by atoms with E-state index in [4.69, 9.17) is 11.6 Å². The minimum absolute atomic E-state index is 0.129. The van der Waals surface area contributed by atoms with E-state index in [0.29, 0.717) is 24.2 Å². The Bertz CT molecular complexity index is 1100. The SMILES string of the molecule is Cc1c(Cl)nc(C(F)(F)F)nc1N1CCc2ncc(Nc3cccnc3F)cc2C1. The second-order valence-corrected chi connectivity index (χ2v) is 7.11. The number of pyridine rings is 2. The van der Waals surface area contributed by atoms with Gasteiger partial charge >= 0.3 is 6.18 Å². The Morgan fingerprint density at radius 1 is 1.20 bits per heavy atom. The first-order valence-electron chi connectivity index (χ1n) is 8.94. The molecular formula is C19H15ClF4N6. The van der Waals surface area contributed by atoms with Crippen molar-refractivity contribution in [3.8, 4) is 0 Å². The highest BCUT2D eigenvalue weighted by Gasteiger charge is 2.36. The van der Waals surface area contributed by atoms with E-state index in [1.165, 1.54) is 6.20 Å². The monoisotopic (exact) mass is 438 g/mol. The summed E-state index contributed by atoms with van der Waals surface area (Å²) in [5, 5.41) is 2.68. The fourth-order valence-corrected chi connectivity index (χ4v) is 3.39. The molecule has 11 heteroatoms. The van der Waals surface area contributed by atoms with Gasteiger partial charge in [0.05, 0.1) is 17.6 Å². The maximum atomic E-state index is 13.8. The number of fused-ring (bicyclic) bond motifs is 1. The summed E-state index contributed by atoms with van der Waals surface area (Å²) in [5.41, 5.74) is 2.71. The van der Waals surface area contributed by atoms with Gasteiger partial charge in [0.1, 0.15) is 11.0 Å². The van der Waals surface area contributed by atoms with Crippen molar-refractivity contribution in [3.63, 3.8) is 0 Å². The second kappa shape index (κ2) is 7.67. The van der Waals surface area contributed by atoms with Gasteiger partial charge in [-0.05, 0) is 30.7 Å². The molecular weight excluding hydrogens is 424 g/mol. The molecule has 30 heavy (non-hydrogen) atoms. The molecule has 4 rings (SSSR count). The Morgan fingerprint density at radius 2 is 2.00 bits per heavy atom. The zero-order valence-corrected chi connectivity index (χ0v) is 16.4. The summed E-state index contributed by atoms with van der Waals surface area (Å²) < 4.78 is 53.2. The van der Waals surface area contributed by atoms with Crippen molar-refractivity contribution in [3.05, 3.63) is 64.3 Å². The van der Waals surface area contributed by atoms with Gasteiger partial charge in [0.2, 0.25) is 11.8 Å². The van der Waals surface area contributed by atoms with Gasteiger partial charge in [-0.1, -0.05) is 11.6 Å². The zero-order chi connectivity index (χ0) is 21.5. The highest BCUT2D eigenvalue weighted by molar-refractivity contribution is 6.30. The highest BCUT2D eigenvalue weighted by Crippen LogP contribution is 2.34. The minimum Gasteiger partial charge on any atom is -0.351 e. The lowest BCUT2D eigenvalue weighted by Crippen LogP contribution is -2.33. The quantitative estimate of drug-likeness (QED) is 0.363. The lowest BCUT2D eigenvalue weighted by atomic mass is 10.0. The summed E-state index contributed by atoms with van der Waals surface area (Å²) in [6.45, 7) is 2.28. The highest BCUT2D eigenvalue weighted by atomic mass is 35.5. The van der Waals surface area contributed by atoms with Crippen LogP contribution < -0.4 is 10.2 Å². The van der Waals surface area contributed by atoms with E-state index in [9.17, 15) is 17.6 Å². The third kappa shape index (κ3) is 4.00. The number of hydrogen-bond donors (Lipinski definition) is 1. The van der Waals surface area contributed by atoms with Crippen LogP contribution in [0.2, 0.25) is 5.15 Å². The van der Waals surface area contributed by atoms with Crippen molar-refractivity contribution in [1.82, 2.24) is 19.9 Å². The van der Waals surface area contributed by atoms with E-state index in [1.54, 1.807) is 36.2 Å². The number of aromatic nitrogens is 4. The van der Waals surface area contributed by atoms with Gasteiger partial charge in [-0.2, -0.15) is 17.6 Å². The Balaban J connectivity index is 1.64. The van der Waals surface area contributed by atoms with E-state index in [2.05, 4.69) is 25.3 Å². The maximum Gasteiger partial charge on any atom is 0.451 e. The van der Waals surface area contributed by atoms with Crippen LogP contribution in [0.3, 0.4) is 0 Å². The first kappa shape index (κ1) is 20.3. The number of anilines is 3. The van der Waals surface area contributed by atoms with Gasteiger partial charge < -0.3 is 10.2 Å². The van der Waals surface area contributed by atoms with Gasteiger partial charge in [-0.3, -0.25) is 4.98 Å². The number of nitrogens with zero attached hydrogens (tertiary/aromatic N) is 5. The van der Waals surface area contributed by atoms with Gasteiger partial charge in [0.25, 0.3) is 0 Å². The van der Waals surface area contributed by atoms with Crippen LogP contribution in [0.5, 0.6) is 0 Å². The molecule has 0 radical (unpaired) electrons. The molecule has 6 nitrogen and oxygen atoms in total. The van der Waals surface area contributed by atoms with Crippen LogP contribution in [0.15, 0.2) is 30.6 Å². The largest absolute Gasteiger partial charge is 0.451 e. The third-order valence-electron chi connectivity index (χ3n) is 4.69. The molecule has 0 saturated carbocycles. The lowest BCUT2D eigenvalue weighted by Gasteiger charge is -2.31. The van der Waals surface area contributed by atoms with E-state index in [0.717, 1.165) is 11.3 Å². The molecule has 0 aliphatic carbocycles. The van der Waals surface area contributed by atoms with Gasteiger partial charge in [0.15, 0.2) is 0 Å². The molecule has 156 valence electrons. The third-order valence-corrected chi connectivity index (χ3v) is 5.06. The predicted octanol–water partition coefficient (Wildman–Crippen LogP) is 4.69. The van der Waals surface area contributed by atoms with E-state index in [-0.39, 0.29) is 23.2 Å². The summed E-state index contributed by atoms with van der Waals surface area (Å²) in [6.07, 6.45) is -1.27. The maximum absolute atomic E-state index is 13.8. The molecule has 3 aromatic rings. The van der Waals surface area contributed by atoms with Crippen LogP contribution in [0, 0.1) is 12.9 Å². The summed E-state index contributed by atoms with van der Waals surface area (Å²) in [6, 6.07) is 4.92. The Labute approximate surface area is 174 Å². The summed E-state index contributed by atoms with van der Waals surface area (Å²) in [5.74, 6) is -1.80. The predicted molar refractivity (Wildman–Crippen MR) is 103 cm³/mol. The Morgan fingerprint density at radius 3 is 2.73 bits per heavy atom. The molecule has 1 N–H and O–H groups in total. The molecule has 1 aliphatic heterocycles. The average Bonchev–Trinajstić information content (AvgIpc) is 2.70. The van der Waals surface area contributed by atoms with Crippen LogP contribution in [0.1, 0.15) is 22.6 Å². The van der Waals surface area contributed by atoms with Crippen molar-refractivity contribution < 1.29 is 17.6 Å². The number of hydrogen-bond acceptors (Lipinski definition) is 6. The summed E-state index contributed by atoms with van der Waals surface area (Å²) in [7, 11) is 0. The molecule has 0 bridgehead atoms. The lowest BCUT2D eigenvalue weighted by molar-refractivity contribution is -0.144. The van der Waals surface area contributed by atoms with Crippen LogP contribution >= 0.6 is 11.6 Å².